The van der Waals surface area contributed by atoms with E-state index in [0.717, 1.165) is 5.56 Å². The van der Waals surface area contributed by atoms with Gasteiger partial charge in [0, 0.05) is 0 Å². The molecule has 0 saturated carbocycles. The van der Waals surface area contributed by atoms with Gasteiger partial charge in [-0.25, -0.2) is 4.39 Å². The number of rotatable bonds is 3. The molecule has 0 fully saturated rings. The van der Waals surface area contributed by atoms with E-state index >= 15 is 0 Å². The van der Waals surface area contributed by atoms with Crippen molar-refractivity contribution in [3.05, 3.63) is 41.4 Å². The number of nitrogens with zero attached hydrogens (tertiary/aromatic N) is 1. The van der Waals surface area contributed by atoms with Gasteiger partial charge in [0.05, 0.1) is 18.4 Å². The first-order valence-electron chi connectivity index (χ1n) is 4.25. The van der Waals surface area contributed by atoms with E-state index in [1.807, 2.05) is 6.92 Å². The van der Waals surface area contributed by atoms with Crippen molar-refractivity contribution in [2.45, 2.75) is 6.92 Å². The topological polar surface area (TPSA) is 33.0 Å². The molecule has 0 heterocycles. The number of hydrogen-bond donors (Lipinski definition) is 0. The normalized spacial score (nSPS) is 10.1. The molecular formula is C11H10FNO. The second kappa shape index (κ2) is 5.03. The molecule has 3 heteroatoms. The summed E-state index contributed by atoms with van der Waals surface area (Å²) in [7, 11) is 0. The maximum Gasteiger partial charge on any atom is 0.140 e. The molecule has 0 bridgehead atoms. The first-order chi connectivity index (χ1) is 6.77. The fraction of sp³-hybridized carbons (Fsp3) is 0.182. The maximum atomic E-state index is 12.9. The summed E-state index contributed by atoms with van der Waals surface area (Å²) in [5, 5.41) is 8.57. The van der Waals surface area contributed by atoms with Crippen LogP contribution >= 0.6 is 0 Å². The van der Waals surface area contributed by atoms with Crippen molar-refractivity contribution >= 4 is 6.08 Å². The van der Waals surface area contributed by atoms with Crippen molar-refractivity contribution in [3.8, 4) is 6.07 Å². The SMILES string of the molecule is CCOC=Cc1ccc(F)c(C#N)c1. The predicted octanol–water partition coefficient (Wildman–Crippen LogP) is 2.70. The molecular weight excluding hydrogens is 181 g/mol. The van der Waals surface area contributed by atoms with Crippen LogP contribution in [0.5, 0.6) is 0 Å². The molecule has 0 aliphatic heterocycles. The first-order valence-corrected chi connectivity index (χ1v) is 4.25. The van der Waals surface area contributed by atoms with Crippen LogP contribution in [0.1, 0.15) is 18.1 Å². The Hall–Kier alpha value is -1.82. The molecule has 0 spiro atoms. The van der Waals surface area contributed by atoms with E-state index in [1.54, 1.807) is 18.2 Å². The van der Waals surface area contributed by atoms with Crippen molar-refractivity contribution in [1.29, 1.82) is 5.26 Å². The van der Waals surface area contributed by atoms with Gasteiger partial charge in [0.1, 0.15) is 11.9 Å². The highest BCUT2D eigenvalue weighted by Crippen LogP contribution is 2.10. The van der Waals surface area contributed by atoms with Gasteiger partial charge in [0.2, 0.25) is 0 Å². The monoisotopic (exact) mass is 191 g/mol. The molecule has 14 heavy (non-hydrogen) atoms. The molecule has 0 unspecified atom stereocenters. The summed E-state index contributed by atoms with van der Waals surface area (Å²) in [6.07, 6.45) is 3.21. The third-order valence-corrected chi connectivity index (χ3v) is 1.63. The smallest absolute Gasteiger partial charge is 0.140 e. The summed E-state index contributed by atoms with van der Waals surface area (Å²) < 4.78 is 17.9. The zero-order valence-corrected chi connectivity index (χ0v) is 7.83. The molecule has 0 atom stereocenters. The Labute approximate surface area is 82.2 Å². The van der Waals surface area contributed by atoms with E-state index in [1.165, 1.54) is 18.4 Å². The fourth-order valence-electron chi connectivity index (χ4n) is 0.955. The highest BCUT2D eigenvalue weighted by molar-refractivity contribution is 5.51. The van der Waals surface area contributed by atoms with Crippen molar-refractivity contribution in [2.75, 3.05) is 6.61 Å². The Morgan fingerprint density at radius 1 is 1.57 bits per heavy atom. The van der Waals surface area contributed by atoms with Gasteiger partial charge in [-0.15, -0.1) is 0 Å². The Morgan fingerprint density at radius 2 is 2.36 bits per heavy atom. The van der Waals surface area contributed by atoms with Gasteiger partial charge in [0.25, 0.3) is 0 Å². The van der Waals surface area contributed by atoms with Crippen LogP contribution in [0.25, 0.3) is 6.08 Å². The van der Waals surface area contributed by atoms with Gasteiger partial charge < -0.3 is 4.74 Å². The minimum absolute atomic E-state index is 0.0450. The van der Waals surface area contributed by atoms with Crippen LogP contribution in [0.2, 0.25) is 0 Å². The Bertz CT molecular complexity index is 379. The summed E-state index contributed by atoms with van der Waals surface area (Å²) in [6, 6.07) is 6.11. The third-order valence-electron chi connectivity index (χ3n) is 1.63. The fourth-order valence-corrected chi connectivity index (χ4v) is 0.955. The lowest BCUT2D eigenvalue weighted by molar-refractivity contribution is 0.272. The molecule has 0 saturated heterocycles. The van der Waals surface area contributed by atoms with Gasteiger partial charge in [-0.1, -0.05) is 6.07 Å². The van der Waals surface area contributed by atoms with Crippen molar-refractivity contribution in [2.24, 2.45) is 0 Å². The van der Waals surface area contributed by atoms with Gasteiger partial charge >= 0.3 is 0 Å². The Morgan fingerprint density at radius 3 is 3.00 bits per heavy atom. The molecule has 0 amide bonds. The lowest BCUT2D eigenvalue weighted by Gasteiger charge is -1.96. The number of hydrogen-bond acceptors (Lipinski definition) is 2. The molecule has 0 aromatic heterocycles. The van der Waals surface area contributed by atoms with E-state index in [-0.39, 0.29) is 5.56 Å². The Kier molecular flexibility index (Phi) is 3.69. The molecule has 0 aliphatic carbocycles. The van der Waals surface area contributed by atoms with E-state index in [9.17, 15) is 4.39 Å². The molecule has 1 aromatic rings. The zero-order valence-electron chi connectivity index (χ0n) is 7.83. The van der Waals surface area contributed by atoms with Gasteiger partial charge in [-0.3, -0.25) is 0 Å². The second-order valence-corrected chi connectivity index (χ2v) is 2.61. The number of ether oxygens (including phenoxy) is 1. The van der Waals surface area contributed by atoms with E-state index in [2.05, 4.69) is 0 Å². The second-order valence-electron chi connectivity index (χ2n) is 2.61. The van der Waals surface area contributed by atoms with Crippen molar-refractivity contribution in [3.63, 3.8) is 0 Å². The Balaban J connectivity index is 2.86. The lowest BCUT2D eigenvalue weighted by Crippen LogP contribution is -1.84. The van der Waals surface area contributed by atoms with Crippen LogP contribution in [0, 0.1) is 17.1 Å². The van der Waals surface area contributed by atoms with E-state index in [4.69, 9.17) is 10.00 Å². The summed E-state index contributed by atoms with van der Waals surface area (Å²) in [5.74, 6) is -0.499. The van der Waals surface area contributed by atoms with Crippen LogP contribution < -0.4 is 0 Å². The van der Waals surface area contributed by atoms with Crippen LogP contribution in [0.3, 0.4) is 0 Å². The third kappa shape index (κ3) is 2.60. The van der Waals surface area contributed by atoms with Gasteiger partial charge in [-0.05, 0) is 30.7 Å². The van der Waals surface area contributed by atoms with E-state index in [0.29, 0.717) is 6.61 Å². The highest BCUT2D eigenvalue weighted by Gasteiger charge is 1.99. The molecule has 0 aliphatic rings. The molecule has 0 radical (unpaired) electrons. The minimum atomic E-state index is -0.499. The predicted molar refractivity (Wildman–Crippen MR) is 51.8 cm³/mol. The molecule has 1 rings (SSSR count). The summed E-state index contributed by atoms with van der Waals surface area (Å²) in [5.41, 5.74) is 0.792. The lowest BCUT2D eigenvalue weighted by atomic mass is 10.1. The maximum absolute atomic E-state index is 12.9. The number of halogens is 1. The summed E-state index contributed by atoms with van der Waals surface area (Å²) in [4.78, 5) is 0. The summed E-state index contributed by atoms with van der Waals surface area (Å²) in [6.45, 7) is 2.46. The van der Waals surface area contributed by atoms with Crippen LogP contribution in [0.4, 0.5) is 4.39 Å². The minimum Gasteiger partial charge on any atom is -0.501 e. The standard InChI is InChI=1S/C11H10FNO/c1-2-14-6-5-9-3-4-11(12)10(7-9)8-13/h3-7H,2H2,1H3. The zero-order chi connectivity index (χ0) is 10.4. The van der Waals surface area contributed by atoms with Crippen LogP contribution in [0.15, 0.2) is 24.5 Å². The average molecular weight is 191 g/mol. The first kappa shape index (κ1) is 10.3. The van der Waals surface area contributed by atoms with Crippen LogP contribution in [-0.2, 0) is 4.74 Å². The molecule has 1 aromatic carbocycles. The van der Waals surface area contributed by atoms with E-state index < -0.39 is 5.82 Å². The van der Waals surface area contributed by atoms with Gasteiger partial charge in [-0.2, -0.15) is 5.26 Å². The van der Waals surface area contributed by atoms with Crippen LogP contribution in [-0.4, -0.2) is 6.61 Å². The largest absolute Gasteiger partial charge is 0.501 e. The van der Waals surface area contributed by atoms with Crippen molar-refractivity contribution < 1.29 is 9.13 Å². The van der Waals surface area contributed by atoms with Crippen molar-refractivity contribution in [1.82, 2.24) is 0 Å². The molecule has 2 nitrogen and oxygen atoms in total. The van der Waals surface area contributed by atoms with Gasteiger partial charge in [0.15, 0.2) is 0 Å². The summed E-state index contributed by atoms with van der Waals surface area (Å²) >= 11 is 0. The number of nitriles is 1. The quantitative estimate of drug-likeness (QED) is 0.688. The molecule has 0 N–H and O–H groups in total. The number of benzene rings is 1. The average Bonchev–Trinajstić information content (AvgIpc) is 2.21. The molecule has 72 valence electrons. The highest BCUT2D eigenvalue weighted by atomic mass is 19.1.